The van der Waals surface area contributed by atoms with Crippen LogP contribution in [-0.4, -0.2) is 65.3 Å². The molecule has 0 aliphatic carbocycles. The maximum absolute atomic E-state index is 5.98. The van der Waals surface area contributed by atoms with Crippen LogP contribution in [0.25, 0.3) is 0 Å². The predicted molar refractivity (Wildman–Crippen MR) is 118 cm³/mol. The zero-order chi connectivity index (χ0) is 19.3. The van der Waals surface area contributed by atoms with Crippen molar-refractivity contribution in [1.82, 2.24) is 9.47 Å². The third-order valence-corrected chi connectivity index (χ3v) is 16.2. The molecule has 1 rings (SSSR count). The average molecular weight is 387 g/mol. The van der Waals surface area contributed by atoms with Gasteiger partial charge in [0.2, 0.25) is 0 Å². The van der Waals surface area contributed by atoms with E-state index in [4.69, 9.17) is 4.43 Å². The Hall–Kier alpha value is 0.314. The fraction of sp³-hybridized carbons (Fsp3) is 1.00. The highest BCUT2D eigenvalue weighted by Gasteiger charge is 2.48. The molecule has 1 fully saturated rings. The molecule has 5 heteroatoms. The zero-order valence-corrected chi connectivity index (χ0v) is 20.7. The molecule has 0 aromatic heterocycles. The SMILES string of the molecule is CCO[Si](C)(C)CCCN1CCN([Si](C(C)C)(C(C)C)C(C)C)CC1. The quantitative estimate of drug-likeness (QED) is 0.467. The molecule has 0 atom stereocenters. The van der Waals surface area contributed by atoms with E-state index in [0.717, 1.165) is 23.2 Å². The van der Waals surface area contributed by atoms with Crippen LogP contribution >= 0.6 is 0 Å². The molecule has 0 amide bonds. The number of nitrogens with zero attached hydrogens (tertiary/aromatic N) is 2. The standard InChI is InChI=1S/C20H46N2OSi2/c1-10-23-24(8,9)17-11-12-21-13-15-22(16-14-21)25(18(2)3,19(4)5)20(6)7/h18-20H,10-17H2,1-9H3. The Morgan fingerprint density at radius 2 is 1.32 bits per heavy atom. The van der Waals surface area contributed by atoms with Crippen LogP contribution < -0.4 is 0 Å². The molecule has 0 saturated carbocycles. The van der Waals surface area contributed by atoms with Crippen molar-refractivity contribution >= 4 is 16.6 Å². The smallest absolute Gasteiger partial charge is 0.186 e. The molecule has 1 saturated heterocycles. The van der Waals surface area contributed by atoms with Crippen LogP contribution in [0.2, 0.25) is 35.8 Å². The van der Waals surface area contributed by atoms with Gasteiger partial charge in [0.05, 0.1) is 0 Å². The highest BCUT2D eigenvalue weighted by Crippen LogP contribution is 2.44. The minimum Gasteiger partial charge on any atom is -0.418 e. The summed E-state index contributed by atoms with van der Waals surface area (Å²) in [4.78, 5) is 2.70. The van der Waals surface area contributed by atoms with E-state index in [-0.39, 0.29) is 0 Å². The molecule has 1 heterocycles. The number of piperazine rings is 1. The van der Waals surface area contributed by atoms with Gasteiger partial charge in [0, 0.05) is 32.8 Å². The normalized spacial score (nSPS) is 18.7. The van der Waals surface area contributed by atoms with Gasteiger partial charge in [0.15, 0.2) is 8.32 Å². The molecule has 25 heavy (non-hydrogen) atoms. The van der Waals surface area contributed by atoms with Crippen LogP contribution in [0.1, 0.15) is 54.9 Å². The molecule has 1 aliphatic rings. The minimum absolute atomic E-state index is 0.831. The molecule has 0 aromatic carbocycles. The fourth-order valence-corrected chi connectivity index (χ4v) is 14.7. The van der Waals surface area contributed by atoms with Gasteiger partial charge in [0.1, 0.15) is 8.24 Å². The van der Waals surface area contributed by atoms with Crippen molar-refractivity contribution in [1.29, 1.82) is 0 Å². The third kappa shape index (κ3) is 5.90. The molecule has 0 bridgehead atoms. The lowest BCUT2D eigenvalue weighted by molar-refractivity contribution is 0.177. The predicted octanol–water partition coefficient (Wildman–Crippen LogP) is 5.41. The van der Waals surface area contributed by atoms with Gasteiger partial charge in [-0.15, -0.1) is 0 Å². The summed E-state index contributed by atoms with van der Waals surface area (Å²) in [5.41, 5.74) is 2.49. The molecule has 0 radical (unpaired) electrons. The van der Waals surface area contributed by atoms with Gasteiger partial charge in [-0.05, 0) is 55.7 Å². The van der Waals surface area contributed by atoms with E-state index in [1.165, 1.54) is 45.2 Å². The van der Waals surface area contributed by atoms with Crippen molar-refractivity contribution in [2.75, 3.05) is 39.3 Å². The first kappa shape index (κ1) is 23.4. The van der Waals surface area contributed by atoms with Crippen molar-refractivity contribution in [3.63, 3.8) is 0 Å². The highest BCUT2D eigenvalue weighted by molar-refractivity contribution is 6.81. The van der Waals surface area contributed by atoms with Gasteiger partial charge >= 0.3 is 0 Å². The second-order valence-corrected chi connectivity index (χ2v) is 19.7. The first-order valence-electron chi connectivity index (χ1n) is 10.7. The Morgan fingerprint density at radius 3 is 1.72 bits per heavy atom. The molecule has 1 aliphatic heterocycles. The monoisotopic (exact) mass is 386 g/mol. The van der Waals surface area contributed by atoms with Crippen LogP contribution in [0.5, 0.6) is 0 Å². The van der Waals surface area contributed by atoms with Crippen molar-refractivity contribution in [2.45, 2.75) is 90.6 Å². The Bertz CT molecular complexity index is 356. The van der Waals surface area contributed by atoms with E-state index >= 15 is 0 Å². The number of hydrogen-bond donors (Lipinski definition) is 0. The third-order valence-electron chi connectivity index (χ3n) is 6.48. The number of hydrogen-bond acceptors (Lipinski definition) is 3. The molecular weight excluding hydrogens is 340 g/mol. The van der Waals surface area contributed by atoms with Crippen molar-refractivity contribution < 1.29 is 4.43 Å². The lowest BCUT2D eigenvalue weighted by Crippen LogP contribution is -2.65. The van der Waals surface area contributed by atoms with Gasteiger partial charge in [0.25, 0.3) is 0 Å². The Labute approximate surface area is 160 Å². The van der Waals surface area contributed by atoms with Gasteiger partial charge in [-0.3, -0.25) is 0 Å². The van der Waals surface area contributed by atoms with Gasteiger partial charge in [-0.2, -0.15) is 0 Å². The van der Waals surface area contributed by atoms with Crippen LogP contribution in [0.15, 0.2) is 0 Å². The molecule has 0 unspecified atom stereocenters. The topological polar surface area (TPSA) is 15.7 Å². The first-order chi connectivity index (χ1) is 11.6. The van der Waals surface area contributed by atoms with Crippen molar-refractivity contribution in [3.05, 3.63) is 0 Å². The first-order valence-corrected chi connectivity index (χ1v) is 16.0. The Morgan fingerprint density at radius 1 is 0.840 bits per heavy atom. The Balaban J connectivity index is 2.57. The van der Waals surface area contributed by atoms with Crippen LogP contribution in [0.3, 0.4) is 0 Å². The summed E-state index contributed by atoms with van der Waals surface area (Å²) in [5, 5.41) is 0. The maximum Gasteiger partial charge on any atom is 0.186 e. The van der Waals surface area contributed by atoms with Crippen LogP contribution in [0, 0.1) is 0 Å². The number of rotatable bonds is 10. The Kier molecular flexibility index (Phi) is 9.36. The van der Waals surface area contributed by atoms with E-state index in [1.807, 2.05) is 0 Å². The molecule has 0 spiro atoms. The maximum atomic E-state index is 5.98. The second-order valence-electron chi connectivity index (χ2n) is 9.48. The lowest BCUT2D eigenvalue weighted by atomic mass is 10.3. The van der Waals surface area contributed by atoms with E-state index in [9.17, 15) is 0 Å². The largest absolute Gasteiger partial charge is 0.418 e. The molecule has 0 N–H and O–H groups in total. The molecule has 150 valence electrons. The summed E-state index contributed by atoms with van der Waals surface area (Å²) in [7, 11) is -2.84. The highest BCUT2D eigenvalue weighted by atomic mass is 28.4. The minimum atomic E-state index is -1.43. The van der Waals surface area contributed by atoms with E-state index in [0.29, 0.717) is 0 Å². The van der Waals surface area contributed by atoms with E-state index in [2.05, 4.69) is 71.0 Å². The molecule has 3 nitrogen and oxygen atoms in total. The lowest BCUT2D eigenvalue weighted by Gasteiger charge is -2.53. The molecular formula is C20H46N2OSi2. The second kappa shape index (κ2) is 10.0. The molecule has 0 aromatic rings. The summed E-state index contributed by atoms with van der Waals surface area (Å²) in [5.74, 6) is 0. The van der Waals surface area contributed by atoms with Gasteiger partial charge < -0.3 is 13.9 Å². The van der Waals surface area contributed by atoms with E-state index < -0.39 is 16.6 Å². The van der Waals surface area contributed by atoms with Gasteiger partial charge in [-0.1, -0.05) is 41.5 Å². The summed E-state index contributed by atoms with van der Waals surface area (Å²) in [6, 6.07) is 1.30. The van der Waals surface area contributed by atoms with Crippen molar-refractivity contribution in [2.24, 2.45) is 0 Å². The average Bonchev–Trinajstić information content (AvgIpc) is 2.48. The summed E-state index contributed by atoms with van der Waals surface area (Å²) in [6.45, 7) is 29.0. The van der Waals surface area contributed by atoms with Crippen LogP contribution in [0.4, 0.5) is 0 Å². The zero-order valence-electron chi connectivity index (χ0n) is 18.7. The fourth-order valence-electron chi connectivity index (χ4n) is 5.65. The van der Waals surface area contributed by atoms with Crippen molar-refractivity contribution in [3.8, 4) is 0 Å². The summed E-state index contributed by atoms with van der Waals surface area (Å²) >= 11 is 0. The van der Waals surface area contributed by atoms with Crippen LogP contribution in [-0.2, 0) is 4.43 Å². The summed E-state index contributed by atoms with van der Waals surface area (Å²) < 4.78 is 8.94. The summed E-state index contributed by atoms with van der Waals surface area (Å²) in [6.07, 6.45) is 1.31. The van der Waals surface area contributed by atoms with E-state index in [1.54, 1.807) is 0 Å². The van der Waals surface area contributed by atoms with Gasteiger partial charge in [-0.25, -0.2) is 0 Å².